The molecule has 1 heterocycles. The van der Waals surface area contributed by atoms with Crippen molar-refractivity contribution in [3.05, 3.63) is 16.4 Å². The summed E-state index contributed by atoms with van der Waals surface area (Å²) >= 11 is 6.35. The molecule has 106 valence electrons. The van der Waals surface area contributed by atoms with Crippen molar-refractivity contribution in [3.63, 3.8) is 0 Å². The zero-order valence-corrected chi connectivity index (χ0v) is 12.5. The molecule has 3 rings (SSSR count). The summed E-state index contributed by atoms with van der Waals surface area (Å²) in [5.41, 5.74) is 5.05. The van der Waals surface area contributed by atoms with Gasteiger partial charge in [-0.25, -0.2) is 0 Å². The molecule has 4 atom stereocenters. The fourth-order valence-corrected chi connectivity index (χ4v) is 4.47. The van der Waals surface area contributed by atoms with Crippen LogP contribution < -0.4 is 11.3 Å². The quantitative estimate of drug-likeness (QED) is 0.657. The molecule has 0 aromatic carbocycles. The summed E-state index contributed by atoms with van der Waals surface area (Å²) in [5, 5.41) is 5.19. The summed E-state index contributed by atoms with van der Waals surface area (Å²) < 4.78 is 1.90. The Bertz CT molecular complexity index is 470. The SMILES string of the molecule is Cc1nn(C)c(CC(NN)C2CC3CCC2C3)c1Cl. The number of halogens is 1. The van der Waals surface area contributed by atoms with Gasteiger partial charge in [-0.05, 0) is 43.9 Å². The van der Waals surface area contributed by atoms with Crippen molar-refractivity contribution in [2.75, 3.05) is 0 Å². The molecule has 1 aromatic rings. The monoisotopic (exact) mass is 282 g/mol. The van der Waals surface area contributed by atoms with Crippen LogP contribution in [0.25, 0.3) is 0 Å². The van der Waals surface area contributed by atoms with Crippen molar-refractivity contribution >= 4 is 11.6 Å². The molecule has 0 radical (unpaired) electrons. The van der Waals surface area contributed by atoms with Gasteiger partial charge in [0.05, 0.1) is 16.4 Å². The van der Waals surface area contributed by atoms with Crippen molar-refractivity contribution < 1.29 is 0 Å². The largest absolute Gasteiger partial charge is 0.271 e. The molecule has 1 aromatic heterocycles. The van der Waals surface area contributed by atoms with E-state index < -0.39 is 0 Å². The molecule has 2 bridgehead atoms. The minimum Gasteiger partial charge on any atom is -0.271 e. The van der Waals surface area contributed by atoms with Crippen LogP contribution in [0.5, 0.6) is 0 Å². The summed E-state index contributed by atoms with van der Waals surface area (Å²) in [4.78, 5) is 0. The van der Waals surface area contributed by atoms with E-state index in [0.29, 0.717) is 12.0 Å². The molecule has 0 spiro atoms. The normalized spacial score (nSPS) is 31.1. The second-order valence-corrected chi connectivity index (χ2v) is 6.66. The van der Waals surface area contributed by atoms with Crippen molar-refractivity contribution in [2.24, 2.45) is 30.6 Å². The maximum atomic E-state index is 6.35. The molecule has 19 heavy (non-hydrogen) atoms. The average molecular weight is 283 g/mol. The Labute approximate surface area is 119 Å². The number of aryl methyl sites for hydroxylation is 2. The van der Waals surface area contributed by atoms with Gasteiger partial charge in [0, 0.05) is 19.5 Å². The van der Waals surface area contributed by atoms with Gasteiger partial charge in [0.2, 0.25) is 0 Å². The van der Waals surface area contributed by atoms with Crippen LogP contribution in [0.2, 0.25) is 5.02 Å². The molecule has 2 saturated carbocycles. The number of aromatic nitrogens is 2. The minimum atomic E-state index is 0.322. The molecule has 4 nitrogen and oxygen atoms in total. The standard InChI is InChI=1S/C14H23ClN4/c1-8-14(15)13(19(2)18-8)7-12(17-16)11-6-9-3-4-10(11)5-9/h9-12,17H,3-7,16H2,1-2H3. The van der Waals surface area contributed by atoms with Gasteiger partial charge in [-0.1, -0.05) is 18.0 Å². The Balaban J connectivity index is 1.76. The van der Waals surface area contributed by atoms with Crippen LogP contribution in [0.4, 0.5) is 0 Å². The Morgan fingerprint density at radius 1 is 1.47 bits per heavy atom. The zero-order valence-electron chi connectivity index (χ0n) is 11.7. The highest BCUT2D eigenvalue weighted by atomic mass is 35.5. The van der Waals surface area contributed by atoms with Gasteiger partial charge in [0.25, 0.3) is 0 Å². The molecule has 0 saturated heterocycles. The summed E-state index contributed by atoms with van der Waals surface area (Å²) in [5.74, 6) is 8.32. The first-order valence-electron chi connectivity index (χ1n) is 7.24. The van der Waals surface area contributed by atoms with Gasteiger partial charge >= 0.3 is 0 Å². The van der Waals surface area contributed by atoms with Crippen LogP contribution in [0.15, 0.2) is 0 Å². The topological polar surface area (TPSA) is 55.9 Å². The molecule has 3 N–H and O–H groups in total. The van der Waals surface area contributed by atoms with Crippen LogP contribution in [-0.2, 0) is 13.5 Å². The lowest BCUT2D eigenvalue weighted by Crippen LogP contribution is -2.44. The average Bonchev–Trinajstić information content (AvgIpc) is 3.06. The second-order valence-electron chi connectivity index (χ2n) is 6.29. The van der Waals surface area contributed by atoms with Crippen LogP contribution in [-0.4, -0.2) is 15.8 Å². The van der Waals surface area contributed by atoms with E-state index in [4.69, 9.17) is 17.4 Å². The number of hydrazine groups is 1. The first kappa shape index (κ1) is 13.4. The highest BCUT2D eigenvalue weighted by Gasteiger charge is 2.43. The number of hydrogen-bond acceptors (Lipinski definition) is 3. The maximum absolute atomic E-state index is 6.35. The van der Waals surface area contributed by atoms with Crippen molar-refractivity contribution in [3.8, 4) is 0 Å². The van der Waals surface area contributed by atoms with Crippen molar-refractivity contribution in [1.82, 2.24) is 15.2 Å². The fraction of sp³-hybridized carbons (Fsp3) is 0.786. The summed E-state index contributed by atoms with van der Waals surface area (Å²) in [6.07, 6.45) is 6.41. The third-order valence-corrected chi connectivity index (χ3v) is 5.69. The van der Waals surface area contributed by atoms with E-state index >= 15 is 0 Å². The van der Waals surface area contributed by atoms with Gasteiger partial charge in [-0.2, -0.15) is 5.10 Å². The molecular weight excluding hydrogens is 260 g/mol. The van der Waals surface area contributed by atoms with E-state index in [1.807, 2.05) is 18.7 Å². The van der Waals surface area contributed by atoms with E-state index in [1.165, 1.54) is 25.7 Å². The van der Waals surface area contributed by atoms with Gasteiger partial charge in [0.1, 0.15) is 0 Å². The summed E-state index contributed by atoms with van der Waals surface area (Å²) in [6.45, 7) is 1.95. The molecule has 2 aliphatic rings. The fourth-order valence-electron chi connectivity index (χ4n) is 4.23. The van der Waals surface area contributed by atoms with Gasteiger partial charge in [0.15, 0.2) is 0 Å². The van der Waals surface area contributed by atoms with E-state index in [1.54, 1.807) is 0 Å². The Morgan fingerprint density at radius 3 is 2.74 bits per heavy atom. The van der Waals surface area contributed by atoms with Crippen molar-refractivity contribution in [1.29, 1.82) is 0 Å². The number of nitrogens with two attached hydrogens (primary N) is 1. The third kappa shape index (κ3) is 2.30. The van der Waals surface area contributed by atoms with Crippen LogP contribution in [0, 0.1) is 24.7 Å². The Kier molecular flexibility index (Phi) is 3.58. The maximum Gasteiger partial charge on any atom is 0.0847 e. The van der Waals surface area contributed by atoms with Gasteiger partial charge in [-0.3, -0.25) is 16.0 Å². The molecule has 2 aliphatic carbocycles. The molecular formula is C14H23ClN4. The summed E-state index contributed by atoms with van der Waals surface area (Å²) in [6, 6.07) is 0.322. The molecule has 0 amide bonds. The van der Waals surface area contributed by atoms with E-state index in [9.17, 15) is 0 Å². The van der Waals surface area contributed by atoms with E-state index in [2.05, 4.69) is 10.5 Å². The van der Waals surface area contributed by atoms with Gasteiger partial charge in [-0.15, -0.1) is 0 Å². The first-order valence-corrected chi connectivity index (χ1v) is 7.62. The van der Waals surface area contributed by atoms with Gasteiger partial charge < -0.3 is 0 Å². The molecule has 0 aliphatic heterocycles. The molecule has 4 unspecified atom stereocenters. The molecule has 2 fully saturated rings. The second kappa shape index (κ2) is 5.08. The van der Waals surface area contributed by atoms with Crippen LogP contribution >= 0.6 is 11.6 Å². The van der Waals surface area contributed by atoms with Crippen LogP contribution in [0.1, 0.15) is 37.1 Å². The number of rotatable bonds is 4. The lowest BCUT2D eigenvalue weighted by Gasteiger charge is -2.30. The van der Waals surface area contributed by atoms with E-state index in [-0.39, 0.29) is 0 Å². The highest BCUT2D eigenvalue weighted by molar-refractivity contribution is 6.31. The summed E-state index contributed by atoms with van der Waals surface area (Å²) in [7, 11) is 1.96. The lowest BCUT2D eigenvalue weighted by molar-refractivity contribution is 0.246. The minimum absolute atomic E-state index is 0.322. The number of hydrogen-bond donors (Lipinski definition) is 2. The number of fused-ring (bicyclic) bond motifs is 2. The Morgan fingerprint density at radius 2 is 2.26 bits per heavy atom. The highest BCUT2D eigenvalue weighted by Crippen LogP contribution is 2.49. The Hall–Kier alpha value is -0.580. The predicted molar refractivity (Wildman–Crippen MR) is 76.7 cm³/mol. The molecule has 5 heteroatoms. The first-order chi connectivity index (χ1) is 9.10. The smallest absolute Gasteiger partial charge is 0.0847 e. The zero-order chi connectivity index (χ0) is 13.6. The number of nitrogens with zero attached hydrogens (tertiary/aromatic N) is 2. The predicted octanol–water partition coefficient (Wildman–Crippen LogP) is 2.19. The number of nitrogens with one attached hydrogen (secondary N) is 1. The van der Waals surface area contributed by atoms with Crippen molar-refractivity contribution in [2.45, 2.75) is 45.1 Å². The van der Waals surface area contributed by atoms with E-state index in [0.717, 1.165) is 34.7 Å². The third-order valence-electron chi connectivity index (χ3n) is 5.20. The van der Waals surface area contributed by atoms with Crippen LogP contribution in [0.3, 0.4) is 0 Å². The lowest BCUT2D eigenvalue weighted by atomic mass is 9.82.